The van der Waals surface area contributed by atoms with Gasteiger partial charge in [-0.25, -0.2) is 0 Å². The summed E-state index contributed by atoms with van der Waals surface area (Å²) in [5.41, 5.74) is 1.09. The third kappa shape index (κ3) is 4.19. The fourth-order valence-electron chi connectivity index (χ4n) is 1.75. The van der Waals surface area contributed by atoms with E-state index in [-0.39, 0.29) is 6.04 Å². The van der Waals surface area contributed by atoms with Gasteiger partial charge in [-0.2, -0.15) is 15.0 Å². The molecule has 2 aromatic rings. The smallest absolute Gasteiger partial charge is 0.323 e. The van der Waals surface area contributed by atoms with Gasteiger partial charge in [0.05, 0.1) is 12.6 Å². The van der Waals surface area contributed by atoms with E-state index in [1.165, 1.54) is 0 Å². The summed E-state index contributed by atoms with van der Waals surface area (Å²) in [5, 5.41) is 6.82. The molecule has 0 aliphatic rings. The lowest BCUT2D eigenvalue weighted by Crippen LogP contribution is -2.12. The highest BCUT2D eigenvalue weighted by Gasteiger charge is 2.10. The summed E-state index contributed by atoms with van der Waals surface area (Å²) in [6.07, 6.45) is 0. The summed E-state index contributed by atoms with van der Waals surface area (Å²) in [4.78, 5) is 12.6. The molecule has 2 N–H and O–H groups in total. The van der Waals surface area contributed by atoms with Crippen LogP contribution in [0.25, 0.3) is 0 Å². The van der Waals surface area contributed by atoms with Gasteiger partial charge in [0, 0.05) is 12.1 Å². The van der Waals surface area contributed by atoms with Crippen LogP contribution in [0.15, 0.2) is 24.3 Å². The van der Waals surface area contributed by atoms with Crippen LogP contribution >= 0.6 is 11.6 Å². The Hall–Kier alpha value is -2.08. The monoisotopic (exact) mass is 307 g/mol. The van der Waals surface area contributed by atoms with Crippen molar-refractivity contribution < 1.29 is 4.74 Å². The van der Waals surface area contributed by atoms with Crippen molar-refractivity contribution in [3.05, 3.63) is 34.9 Å². The van der Waals surface area contributed by atoms with E-state index >= 15 is 0 Å². The van der Waals surface area contributed by atoms with Gasteiger partial charge in [0.2, 0.25) is 11.9 Å². The van der Waals surface area contributed by atoms with E-state index in [9.17, 15) is 0 Å². The molecule has 0 spiro atoms. The maximum Gasteiger partial charge on any atom is 0.323 e. The molecule has 0 saturated heterocycles. The summed E-state index contributed by atoms with van der Waals surface area (Å²) < 4.78 is 5.33. The summed E-state index contributed by atoms with van der Waals surface area (Å²) in [6, 6.07) is 7.96. The molecule has 112 valence electrons. The Labute approximate surface area is 128 Å². The quantitative estimate of drug-likeness (QED) is 0.854. The maximum absolute atomic E-state index is 5.89. The number of rotatable bonds is 6. The summed E-state index contributed by atoms with van der Waals surface area (Å²) in [6.45, 7) is 4.40. The minimum atomic E-state index is 0.0313. The predicted octanol–water partition coefficient (Wildman–Crippen LogP) is 3.14. The van der Waals surface area contributed by atoms with Crippen molar-refractivity contribution >= 4 is 23.5 Å². The van der Waals surface area contributed by atoms with Gasteiger partial charge in [0.1, 0.15) is 0 Å². The second-order valence-electron chi connectivity index (χ2n) is 4.37. The molecule has 1 aromatic heterocycles. The average Bonchev–Trinajstić information content (AvgIpc) is 2.48. The van der Waals surface area contributed by atoms with Crippen LogP contribution in [0, 0.1) is 0 Å². The van der Waals surface area contributed by atoms with Gasteiger partial charge < -0.3 is 15.4 Å². The molecule has 1 aromatic carbocycles. The molecule has 0 aliphatic carbocycles. The molecule has 6 nitrogen and oxygen atoms in total. The van der Waals surface area contributed by atoms with Crippen molar-refractivity contribution in [2.24, 2.45) is 0 Å². The molecule has 0 amide bonds. The number of aromatic nitrogens is 3. The lowest BCUT2D eigenvalue weighted by Gasteiger charge is -2.15. The first kappa shape index (κ1) is 15.3. The minimum absolute atomic E-state index is 0.0313. The predicted molar refractivity (Wildman–Crippen MR) is 84.0 cm³/mol. The van der Waals surface area contributed by atoms with Crippen molar-refractivity contribution in [2.45, 2.75) is 19.9 Å². The molecule has 0 radical (unpaired) electrons. The molecule has 0 aliphatic heterocycles. The van der Waals surface area contributed by atoms with Gasteiger partial charge in [-0.1, -0.05) is 23.7 Å². The van der Waals surface area contributed by atoms with E-state index in [1.54, 1.807) is 7.05 Å². The molecule has 1 unspecified atom stereocenters. The Kier molecular flexibility index (Phi) is 5.16. The van der Waals surface area contributed by atoms with E-state index in [0.29, 0.717) is 29.5 Å². The molecule has 0 fully saturated rings. The van der Waals surface area contributed by atoms with E-state index in [0.717, 1.165) is 5.56 Å². The molecule has 21 heavy (non-hydrogen) atoms. The van der Waals surface area contributed by atoms with Crippen molar-refractivity contribution in [1.82, 2.24) is 15.0 Å². The van der Waals surface area contributed by atoms with E-state index in [4.69, 9.17) is 16.3 Å². The van der Waals surface area contributed by atoms with Crippen LogP contribution in [0.1, 0.15) is 25.5 Å². The highest BCUT2D eigenvalue weighted by Crippen LogP contribution is 2.20. The Balaban J connectivity index is 2.17. The second-order valence-corrected chi connectivity index (χ2v) is 4.80. The molecular formula is C14H18ClN5O. The minimum Gasteiger partial charge on any atom is -0.464 e. The van der Waals surface area contributed by atoms with Crippen LogP contribution < -0.4 is 15.4 Å². The number of hydrogen-bond acceptors (Lipinski definition) is 6. The van der Waals surface area contributed by atoms with Crippen LogP contribution in [0.5, 0.6) is 6.01 Å². The van der Waals surface area contributed by atoms with Crippen LogP contribution in [0.3, 0.4) is 0 Å². The molecular weight excluding hydrogens is 290 g/mol. The molecule has 2 rings (SSSR count). The normalized spacial score (nSPS) is 11.8. The Morgan fingerprint density at radius 3 is 2.43 bits per heavy atom. The van der Waals surface area contributed by atoms with E-state index < -0.39 is 0 Å². The van der Waals surface area contributed by atoms with E-state index in [2.05, 4.69) is 25.6 Å². The zero-order chi connectivity index (χ0) is 15.2. The Morgan fingerprint density at radius 2 is 1.81 bits per heavy atom. The SMILES string of the molecule is CCOc1nc(NC)nc(NC(C)c2ccc(Cl)cc2)n1. The zero-order valence-corrected chi connectivity index (χ0v) is 13.0. The van der Waals surface area contributed by atoms with Crippen LogP contribution in [0.2, 0.25) is 5.02 Å². The highest BCUT2D eigenvalue weighted by atomic mass is 35.5. The first-order chi connectivity index (χ1) is 10.1. The number of halogens is 1. The van der Waals surface area contributed by atoms with Gasteiger partial charge >= 0.3 is 6.01 Å². The third-order valence-electron chi connectivity index (χ3n) is 2.83. The number of hydrogen-bond donors (Lipinski definition) is 2. The largest absolute Gasteiger partial charge is 0.464 e. The fourth-order valence-corrected chi connectivity index (χ4v) is 1.88. The Bertz CT molecular complexity index is 590. The van der Waals surface area contributed by atoms with Crippen LogP contribution in [0.4, 0.5) is 11.9 Å². The van der Waals surface area contributed by atoms with Crippen LogP contribution in [-0.2, 0) is 0 Å². The number of nitrogens with one attached hydrogen (secondary N) is 2. The molecule has 7 heteroatoms. The topological polar surface area (TPSA) is 72.0 Å². The third-order valence-corrected chi connectivity index (χ3v) is 3.08. The highest BCUT2D eigenvalue weighted by molar-refractivity contribution is 6.30. The van der Waals surface area contributed by atoms with Crippen molar-refractivity contribution in [3.63, 3.8) is 0 Å². The lowest BCUT2D eigenvalue weighted by molar-refractivity contribution is 0.312. The van der Waals surface area contributed by atoms with Gasteiger partial charge in [0.25, 0.3) is 0 Å². The molecule has 1 atom stereocenters. The maximum atomic E-state index is 5.89. The van der Waals surface area contributed by atoms with Gasteiger partial charge in [-0.15, -0.1) is 0 Å². The summed E-state index contributed by atoms with van der Waals surface area (Å²) >= 11 is 5.89. The Morgan fingerprint density at radius 1 is 1.14 bits per heavy atom. The van der Waals surface area contributed by atoms with E-state index in [1.807, 2.05) is 38.1 Å². The molecule has 1 heterocycles. The fraction of sp³-hybridized carbons (Fsp3) is 0.357. The van der Waals surface area contributed by atoms with Gasteiger partial charge in [-0.05, 0) is 31.5 Å². The summed E-state index contributed by atoms with van der Waals surface area (Å²) in [7, 11) is 1.75. The molecule has 0 bridgehead atoms. The second kappa shape index (κ2) is 7.08. The number of ether oxygens (including phenoxy) is 1. The lowest BCUT2D eigenvalue weighted by atomic mass is 10.1. The zero-order valence-electron chi connectivity index (χ0n) is 12.2. The first-order valence-electron chi connectivity index (χ1n) is 6.71. The van der Waals surface area contributed by atoms with Crippen LogP contribution in [-0.4, -0.2) is 28.6 Å². The first-order valence-corrected chi connectivity index (χ1v) is 7.08. The van der Waals surface area contributed by atoms with Gasteiger partial charge in [0.15, 0.2) is 0 Å². The average molecular weight is 308 g/mol. The number of nitrogens with zero attached hydrogens (tertiary/aromatic N) is 3. The van der Waals surface area contributed by atoms with Gasteiger partial charge in [-0.3, -0.25) is 0 Å². The van der Waals surface area contributed by atoms with Crippen molar-refractivity contribution in [2.75, 3.05) is 24.3 Å². The standard InChI is InChI=1S/C14H18ClN5O/c1-4-21-14-19-12(16-3)18-13(20-14)17-9(2)10-5-7-11(15)8-6-10/h5-9H,4H2,1-3H3,(H2,16,17,18,19,20). The molecule has 0 saturated carbocycles. The number of benzene rings is 1. The summed E-state index contributed by atoms with van der Waals surface area (Å²) in [5.74, 6) is 0.916. The van der Waals surface area contributed by atoms with Crippen molar-refractivity contribution in [3.8, 4) is 6.01 Å². The van der Waals surface area contributed by atoms with Crippen molar-refractivity contribution in [1.29, 1.82) is 0 Å². The number of anilines is 2.